The Balaban J connectivity index is 4.96. The van der Waals surface area contributed by atoms with E-state index in [1.807, 2.05) is 0 Å². The molecule has 3 N–H and O–H groups in total. The molecule has 6 heteroatoms. The van der Waals surface area contributed by atoms with E-state index in [1.165, 1.54) is 6.92 Å². The smallest absolute Gasteiger partial charge is 0.275 e. The van der Waals surface area contributed by atoms with Gasteiger partial charge in [-0.25, -0.2) is 0 Å². The molecule has 5 nitrogen and oxygen atoms in total. The molecular weight excluding hydrogens is 194 g/mol. The predicted octanol–water partition coefficient (Wildman–Crippen LogP) is -0.140. The number of amides is 1. The Kier molecular flexibility index (Phi) is 3.83. The number of hydrogen-bond acceptors (Lipinski definition) is 3. The summed E-state index contributed by atoms with van der Waals surface area (Å²) in [4.78, 5) is 10.5. The largest absolute Gasteiger partial charge is 0.366 e. The summed E-state index contributed by atoms with van der Waals surface area (Å²) in [6.07, 6.45) is 2.03. The van der Waals surface area contributed by atoms with E-state index in [1.54, 1.807) is 0 Å². The van der Waals surface area contributed by atoms with E-state index in [0.717, 1.165) is 12.2 Å². The Hall–Kier alpha value is -1.14. The molecule has 0 radical (unpaired) electrons. The quantitative estimate of drug-likeness (QED) is 0.379. The number of carbonyl (C=O) groups excluding carboxylic acids is 1. The van der Waals surface area contributed by atoms with E-state index in [0.29, 0.717) is 0 Å². The normalized spacial score (nSPS) is 15.1. The lowest BCUT2D eigenvalue weighted by Crippen LogP contribution is -2.19. The van der Waals surface area contributed by atoms with Crippen molar-refractivity contribution in [2.24, 2.45) is 5.73 Å². The molecule has 0 aliphatic rings. The zero-order valence-corrected chi connectivity index (χ0v) is 7.91. The van der Waals surface area contributed by atoms with Crippen LogP contribution in [0.5, 0.6) is 0 Å². The van der Waals surface area contributed by atoms with Gasteiger partial charge in [-0.3, -0.25) is 9.35 Å². The standard InChI is InChI=1S/C7H11NO4S/c1-3-6(13(10,11)12)4-5(2)7(8)9/h3-4,6H,1H2,2H3,(H2,8,9)(H,10,11,12). The zero-order valence-electron chi connectivity index (χ0n) is 7.10. The fourth-order valence-corrected chi connectivity index (χ4v) is 1.22. The molecule has 0 aromatic carbocycles. The van der Waals surface area contributed by atoms with E-state index in [-0.39, 0.29) is 5.57 Å². The Bertz CT molecular complexity index is 342. The second-order valence-corrected chi connectivity index (χ2v) is 4.00. The number of hydrogen-bond donors (Lipinski definition) is 2. The Labute approximate surface area is 76.7 Å². The average Bonchev–Trinajstić information content (AvgIpc) is 1.96. The molecule has 0 aromatic rings. The SMILES string of the molecule is C=CC(C=C(C)C(N)=O)S(=O)(=O)O. The number of primary amides is 1. The molecule has 0 saturated heterocycles. The van der Waals surface area contributed by atoms with Gasteiger partial charge in [-0.15, -0.1) is 6.58 Å². The summed E-state index contributed by atoms with van der Waals surface area (Å²) in [7, 11) is -4.25. The molecule has 0 aliphatic carbocycles. The molecule has 0 heterocycles. The number of nitrogens with two attached hydrogens (primary N) is 1. The van der Waals surface area contributed by atoms with Gasteiger partial charge in [0.05, 0.1) is 0 Å². The number of carbonyl (C=O) groups is 1. The molecule has 1 unspecified atom stereocenters. The summed E-state index contributed by atoms with van der Waals surface area (Å²) in [5.41, 5.74) is 4.92. The van der Waals surface area contributed by atoms with E-state index >= 15 is 0 Å². The first kappa shape index (κ1) is 11.9. The minimum Gasteiger partial charge on any atom is -0.366 e. The number of rotatable bonds is 4. The van der Waals surface area contributed by atoms with Crippen LogP contribution in [-0.4, -0.2) is 24.1 Å². The molecule has 0 aromatic heterocycles. The third-order valence-electron chi connectivity index (χ3n) is 1.38. The Morgan fingerprint density at radius 1 is 1.62 bits per heavy atom. The van der Waals surface area contributed by atoms with Crippen molar-refractivity contribution in [3.8, 4) is 0 Å². The second kappa shape index (κ2) is 4.20. The molecular formula is C7H11NO4S. The minimum absolute atomic E-state index is 0.0579. The molecule has 74 valence electrons. The summed E-state index contributed by atoms with van der Waals surface area (Å²) >= 11 is 0. The minimum atomic E-state index is -4.25. The van der Waals surface area contributed by atoms with Gasteiger partial charge < -0.3 is 5.73 Å². The van der Waals surface area contributed by atoms with Crippen LogP contribution in [0, 0.1) is 0 Å². The van der Waals surface area contributed by atoms with Crippen molar-refractivity contribution in [2.45, 2.75) is 12.2 Å². The van der Waals surface area contributed by atoms with Crippen molar-refractivity contribution in [1.29, 1.82) is 0 Å². The van der Waals surface area contributed by atoms with Crippen LogP contribution in [0.1, 0.15) is 6.92 Å². The second-order valence-electron chi connectivity index (χ2n) is 2.43. The summed E-state index contributed by atoms with van der Waals surface area (Å²) in [6.45, 7) is 4.56. The molecule has 0 spiro atoms. The first-order valence-electron chi connectivity index (χ1n) is 3.36. The molecule has 0 rings (SSSR count). The Morgan fingerprint density at radius 2 is 2.08 bits per heavy atom. The monoisotopic (exact) mass is 205 g/mol. The summed E-state index contributed by atoms with van der Waals surface area (Å²) in [6, 6.07) is 0. The predicted molar refractivity (Wildman–Crippen MR) is 48.5 cm³/mol. The lowest BCUT2D eigenvalue weighted by molar-refractivity contribution is -0.114. The van der Waals surface area contributed by atoms with Gasteiger partial charge >= 0.3 is 0 Å². The van der Waals surface area contributed by atoms with Crippen LogP contribution in [-0.2, 0) is 14.9 Å². The topological polar surface area (TPSA) is 97.5 Å². The van der Waals surface area contributed by atoms with Crippen LogP contribution in [0.3, 0.4) is 0 Å². The van der Waals surface area contributed by atoms with E-state index in [9.17, 15) is 13.2 Å². The van der Waals surface area contributed by atoms with Crippen molar-refractivity contribution in [1.82, 2.24) is 0 Å². The maximum absolute atomic E-state index is 10.6. The molecule has 0 fully saturated rings. The molecule has 13 heavy (non-hydrogen) atoms. The van der Waals surface area contributed by atoms with Crippen LogP contribution in [0.15, 0.2) is 24.3 Å². The van der Waals surface area contributed by atoms with E-state index in [4.69, 9.17) is 10.3 Å². The fraction of sp³-hybridized carbons (Fsp3) is 0.286. The van der Waals surface area contributed by atoms with Gasteiger partial charge in [-0.2, -0.15) is 8.42 Å². The highest BCUT2D eigenvalue weighted by atomic mass is 32.2. The zero-order chi connectivity index (χ0) is 10.6. The van der Waals surface area contributed by atoms with Crippen molar-refractivity contribution >= 4 is 16.0 Å². The van der Waals surface area contributed by atoms with Crippen LogP contribution >= 0.6 is 0 Å². The van der Waals surface area contributed by atoms with Gasteiger partial charge in [0.15, 0.2) is 0 Å². The molecule has 1 amide bonds. The van der Waals surface area contributed by atoms with E-state index < -0.39 is 21.3 Å². The third kappa shape index (κ3) is 3.86. The molecule has 0 aliphatic heterocycles. The van der Waals surface area contributed by atoms with Crippen molar-refractivity contribution in [3.05, 3.63) is 24.3 Å². The first-order chi connectivity index (χ1) is 5.79. The average molecular weight is 205 g/mol. The van der Waals surface area contributed by atoms with Crippen molar-refractivity contribution in [3.63, 3.8) is 0 Å². The third-order valence-corrected chi connectivity index (χ3v) is 2.40. The molecule has 0 bridgehead atoms. The van der Waals surface area contributed by atoms with E-state index in [2.05, 4.69) is 6.58 Å². The van der Waals surface area contributed by atoms with Gasteiger partial charge in [0, 0.05) is 5.57 Å². The molecule has 1 atom stereocenters. The first-order valence-corrected chi connectivity index (χ1v) is 4.86. The van der Waals surface area contributed by atoms with Crippen LogP contribution in [0.25, 0.3) is 0 Å². The maximum Gasteiger partial charge on any atom is 0.275 e. The summed E-state index contributed by atoms with van der Waals surface area (Å²) in [5.74, 6) is -0.740. The maximum atomic E-state index is 10.6. The summed E-state index contributed by atoms with van der Waals surface area (Å²) in [5, 5.41) is -1.29. The molecule has 0 saturated carbocycles. The van der Waals surface area contributed by atoms with Gasteiger partial charge in [-0.05, 0) is 6.92 Å². The van der Waals surface area contributed by atoms with Crippen LogP contribution < -0.4 is 5.73 Å². The van der Waals surface area contributed by atoms with Crippen LogP contribution in [0.2, 0.25) is 0 Å². The summed E-state index contributed by atoms with van der Waals surface area (Å²) < 4.78 is 29.8. The highest BCUT2D eigenvalue weighted by molar-refractivity contribution is 7.86. The lowest BCUT2D eigenvalue weighted by atomic mass is 10.2. The Morgan fingerprint density at radius 3 is 2.31 bits per heavy atom. The van der Waals surface area contributed by atoms with Gasteiger partial charge in [-0.1, -0.05) is 12.2 Å². The van der Waals surface area contributed by atoms with Gasteiger partial charge in [0.1, 0.15) is 5.25 Å². The van der Waals surface area contributed by atoms with Gasteiger partial charge in [0.2, 0.25) is 5.91 Å². The van der Waals surface area contributed by atoms with Crippen LogP contribution in [0.4, 0.5) is 0 Å². The highest BCUT2D eigenvalue weighted by Gasteiger charge is 2.17. The van der Waals surface area contributed by atoms with Gasteiger partial charge in [0.25, 0.3) is 10.1 Å². The fourth-order valence-electron chi connectivity index (χ4n) is 0.604. The highest BCUT2D eigenvalue weighted by Crippen LogP contribution is 2.05. The lowest BCUT2D eigenvalue weighted by Gasteiger charge is -2.03. The van der Waals surface area contributed by atoms with Crippen molar-refractivity contribution < 1.29 is 17.8 Å². The van der Waals surface area contributed by atoms with Crippen molar-refractivity contribution in [2.75, 3.05) is 0 Å².